The molecule has 2 aromatic heterocycles. The van der Waals surface area contributed by atoms with Gasteiger partial charge in [-0.2, -0.15) is 0 Å². The molecular weight excluding hydrogens is 418 g/mol. The standard InChI is InChI=1S/C27H22ClN3O/c28-22-14-6-4-13-20(22)25-26-21(19-12-5-7-15-23(19)30-26)17-24(31-25)27(32)29-16-8-11-18-9-2-1-3-10-18/h1-7,9-10,12-15,17,30H,8,11,16H2,(H,29,32). The topological polar surface area (TPSA) is 57.8 Å². The van der Waals surface area contributed by atoms with Gasteiger partial charge in [0.15, 0.2) is 0 Å². The average molecular weight is 440 g/mol. The van der Waals surface area contributed by atoms with Gasteiger partial charge in [-0.3, -0.25) is 4.79 Å². The van der Waals surface area contributed by atoms with Crippen LogP contribution in [0.3, 0.4) is 0 Å². The Hall–Kier alpha value is -3.63. The van der Waals surface area contributed by atoms with E-state index in [4.69, 9.17) is 16.6 Å². The van der Waals surface area contributed by atoms with E-state index in [2.05, 4.69) is 22.4 Å². The highest BCUT2D eigenvalue weighted by atomic mass is 35.5. The molecule has 3 aromatic carbocycles. The molecule has 1 amide bonds. The Morgan fingerprint density at radius 1 is 0.906 bits per heavy atom. The van der Waals surface area contributed by atoms with Gasteiger partial charge < -0.3 is 10.3 Å². The molecule has 0 fully saturated rings. The Labute approximate surface area is 191 Å². The van der Waals surface area contributed by atoms with Crippen molar-refractivity contribution >= 4 is 39.3 Å². The minimum Gasteiger partial charge on any atom is -0.353 e. The summed E-state index contributed by atoms with van der Waals surface area (Å²) < 4.78 is 0. The summed E-state index contributed by atoms with van der Waals surface area (Å²) >= 11 is 6.50. The Morgan fingerprint density at radius 3 is 2.50 bits per heavy atom. The monoisotopic (exact) mass is 439 g/mol. The van der Waals surface area contributed by atoms with Crippen molar-refractivity contribution in [2.45, 2.75) is 12.8 Å². The van der Waals surface area contributed by atoms with E-state index in [1.165, 1.54) is 5.56 Å². The first-order valence-electron chi connectivity index (χ1n) is 10.7. The van der Waals surface area contributed by atoms with Crippen molar-refractivity contribution in [2.24, 2.45) is 0 Å². The molecular formula is C27H22ClN3O. The van der Waals surface area contributed by atoms with E-state index in [1.54, 1.807) is 0 Å². The number of H-pyrrole nitrogens is 1. The number of hydrogen-bond donors (Lipinski definition) is 2. The first-order chi connectivity index (χ1) is 15.7. The quantitative estimate of drug-likeness (QED) is 0.301. The largest absolute Gasteiger partial charge is 0.353 e. The maximum absolute atomic E-state index is 13.0. The van der Waals surface area contributed by atoms with Crippen LogP contribution in [-0.4, -0.2) is 22.4 Å². The molecule has 0 unspecified atom stereocenters. The maximum Gasteiger partial charge on any atom is 0.269 e. The highest BCUT2D eigenvalue weighted by Gasteiger charge is 2.18. The summed E-state index contributed by atoms with van der Waals surface area (Å²) in [7, 11) is 0. The third-order valence-electron chi connectivity index (χ3n) is 5.63. The van der Waals surface area contributed by atoms with Gasteiger partial charge in [0.25, 0.3) is 5.91 Å². The number of rotatable bonds is 6. The summed E-state index contributed by atoms with van der Waals surface area (Å²) in [5, 5.41) is 5.63. The molecule has 5 aromatic rings. The first kappa shape index (κ1) is 20.3. The van der Waals surface area contributed by atoms with Crippen molar-refractivity contribution in [3.63, 3.8) is 0 Å². The fourth-order valence-corrected chi connectivity index (χ4v) is 4.27. The van der Waals surface area contributed by atoms with Crippen LogP contribution in [-0.2, 0) is 6.42 Å². The van der Waals surface area contributed by atoms with Crippen LogP contribution in [0.25, 0.3) is 33.1 Å². The summed E-state index contributed by atoms with van der Waals surface area (Å²) in [6, 6.07) is 27.8. The molecule has 0 spiro atoms. The molecule has 0 saturated heterocycles. The molecule has 158 valence electrons. The van der Waals surface area contributed by atoms with E-state index >= 15 is 0 Å². The second-order valence-electron chi connectivity index (χ2n) is 7.77. The van der Waals surface area contributed by atoms with Crippen molar-refractivity contribution in [2.75, 3.05) is 6.54 Å². The van der Waals surface area contributed by atoms with Crippen molar-refractivity contribution in [3.8, 4) is 11.3 Å². The van der Waals surface area contributed by atoms with Gasteiger partial charge in [0, 0.05) is 28.4 Å². The summed E-state index contributed by atoms with van der Waals surface area (Å²) in [5.41, 5.74) is 5.00. The summed E-state index contributed by atoms with van der Waals surface area (Å²) in [4.78, 5) is 21.2. The number of aromatic amines is 1. The lowest BCUT2D eigenvalue weighted by Gasteiger charge is -2.10. The Morgan fingerprint density at radius 2 is 1.66 bits per heavy atom. The third kappa shape index (κ3) is 3.97. The molecule has 2 N–H and O–H groups in total. The summed E-state index contributed by atoms with van der Waals surface area (Å²) in [5.74, 6) is -0.182. The van der Waals surface area contributed by atoms with Crippen molar-refractivity contribution < 1.29 is 4.79 Å². The number of nitrogens with one attached hydrogen (secondary N) is 2. The zero-order valence-corrected chi connectivity index (χ0v) is 18.2. The van der Waals surface area contributed by atoms with Crippen LogP contribution in [0.1, 0.15) is 22.5 Å². The number of carbonyl (C=O) groups is 1. The molecule has 0 aliphatic heterocycles. The molecule has 0 bridgehead atoms. The zero-order valence-electron chi connectivity index (χ0n) is 17.4. The fourth-order valence-electron chi connectivity index (χ4n) is 4.04. The Balaban J connectivity index is 1.48. The van der Waals surface area contributed by atoms with E-state index in [1.807, 2.05) is 72.8 Å². The van der Waals surface area contributed by atoms with Crippen LogP contribution in [0.4, 0.5) is 0 Å². The van der Waals surface area contributed by atoms with Gasteiger partial charge in [0.1, 0.15) is 5.69 Å². The molecule has 5 rings (SSSR count). The van der Waals surface area contributed by atoms with Gasteiger partial charge in [-0.1, -0.05) is 78.3 Å². The van der Waals surface area contributed by atoms with Gasteiger partial charge in [0.2, 0.25) is 0 Å². The zero-order chi connectivity index (χ0) is 21.9. The number of pyridine rings is 1. The van der Waals surface area contributed by atoms with Crippen LogP contribution in [0.5, 0.6) is 0 Å². The van der Waals surface area contributed by atoms with E-state index in [-0.39, 0.29) is 5.91 Å². The van der Waals surface area contributed by atoms with Crippen molar-refractivity contribution in [3.05, 3.63) is 101 Å². The van der Waals surface area contributed by atoms with Crippen LogP contribution in [0, 0.1) is 0 Å². The number of fused-ring (bicyclic) bond motifs is 3. The Kier molecular flexibility index (Phi) is 5.61. The fraction of sp³-hybridized carbons (Fsp3) is 0.111. The highest BCUT2D eigenvalue weighted by Crippen LogP contribution is 2.35. The predicted molar refractivity (Wildman–Crippen MR) is 131 cm³/mol. The van der Waals surface area contributed by atoms with Gasteiger partial charge in [0.05, 0.1) is 16.2 Å². The third-order valence-corrected chi connectivity index (χ3v) is 5.96. The van der Waals surface area contributed by atoms with E-state index in [0.29, 0.717) is 23.0 Å². The predicted octanol–water partition coefficient (Wildman–Crippen LogP) is 6.40. The van der Waals surface area contributed by atoms with Crippen molar-refractivity contribution in [1.82, 2.24) is 15.3 Å². The van der Waals surface area contributed by atoms with Gasteiger partial charge in [-0.05, 0) is 36.6 Å². The molecule has 0 aliphatic carbocycles. The van der Waals surface area contributed by atoms with Crippen LogP contribution >= 0.6 is 11.6 Å². The lowest BCUT2D eigenvalue weighted by Crippen LogP contribution is -2.25. The van der Waals surface area contributed by atoms with Crippen LogP contribution in [0.15, 0.2) is 84.9 Å². The number of aromatic nitrogens is 2. The van der Waals surface area contributed by atoms with Crippen LogP contribution < -0.4 is 5.32 Å². The van der Waals surface area contributed by atoms with E-state index < -0.39 is 0 Å². The number of carbonyl (C=O) groups excluding carboxylic acids is 1. The highest BCUT2D eigenvalue weighted by molar-refractivity contribution is 6.33. The maximum atomic E-state index is 13.0. The van der Waals surface area contributed by atoms with Gasteiger partial charge in [-0.25, -0.2) is 4.98 Å². The molecule has 2 heterocycles. The first-order valence-corrected chi connectivity index (χ1v) is 11.1. The molecule has 0 saturated carbocycles. The van der Waals surface area contributed by atoms with E-state index in [9.17, 15) is 4.79 Å². The average Bonchev–Trinajstić information content (AvgIpc) is 3.21. The number of halogens is 1. The number of aryl methyl sites for hydroxylation is 1. The lowest BCUT2D eigenvalue weighted by molar-refractivity contribution is 0.0948. The second kappa shape index (κ2) is 8.85. The number of amides is 1. The van der Waals surface area contributed by atoms with Gasteiger partial charge >= 0.3 is 0 Å². The van der Waals surface area contributed by atoms with Gasteiger partial charge in [-0.15, -0.1) is 0 Å². The smallest absolute Gasteiger partial charge is 0.269 e. The number of para-hydroxylation sites is 1. The molecule has 4 nitrogen and oxygen atoms in total. The number of nitrogens with zero attached hydrogens (tertiary/aromatic N) is 1. The second-order valence-corrected chi connectivity index (χ2v) is 8.18. The molecule has 5 heteroatoms. The SMILES string of the molecule is O=C(NCCCc1ccccc1)c1cc2c([nH]c3ccccc32)c(-c2ccccc2Cl)n1. The van der Waals surface area contributed by atoms with Crippen molar-refractivity contribution in [1.29, 1.82) is 0 Å². The summed E-state index contributed by atoms with van der Waals surface area (Å²) in [6.45, 7) is 0.586. The normalized spacial score (nSPS) is 11.2. The molecule has 32 heavy (non-hydrogen) atoms. The number of hydrogen-bond acceptors (Lipinski definition) is 2. The van der Waals surface area contributed by atoms with E-state index in [0.717, 1.165) is 40.2 Å². The minimum atomic E-state index is -0.182. The van der Waals surface area contributed by atoms with Crippen LogP contribution in [0.2, 0.25) is 5.02 Å². The number of benzene rings is 3. The molecule has 0 atom stereocenters. The minimum absolute atomic E-state index is 0.182. The Bertz CT molecular complexity index is 1410. The summed E-state index contributed by atoms with van der Waals surface area (Å²) in [6.07, 6.45) is 1.78. The molecule has 0 aliphatic rings. The molecule has 0 radical (unpaired) electrons. The lowest BCUT2D eigenvalue weighted by atomic mass is 10.1.